The van der Waals surface area contributed by atoms with Crippen LogP contribution in [-0.2, 0) is 15.1 Å². The fraction of sp³-hybridized carbons (Fsp3) is 0.364. The third-order valence-electron chi connectivity index (χ3n) is 5.01. The van der Waals surface area contributed by atoms with Crippen molar-refractivity contribution in [3.63, 3.8) is 0 Å². The number of hydrogen-bond acceptors (Lipinski definition) is 2. The van der Waals surface area contributed by atoms with Crippen molar-refractivity contribution in [3.05, 3.63) is 59.7 Å². The van der Waals surface area contributed by atoms with Gasteiger partial charge in [0.2, 0.25) is 0 Å². The molecule has 0 bridgehead atoms. The summed E-state index contributed by atoms with van der Waals surface area (Å²) in [5.41, 5.74) is 4.34. The number of halogens is 1. The van der Waals surface area contributed by atoms with Gasteiger partial charge in [-0.3, -0.25) is 0 Å². The molecule has 0 saturated carbocycles. The van der Waals surface area contributed by atoms with E-state index < -0.39 is 5.60 Å². The Balaban J connectivity index is 1.83. The normalized spacial score (nSPS) is 20.3. The first kappa shape index (κ1) is 16.8. The summed E-state index contributed by atoms with van der Waals surface area (Å²) in [7, 11) is 0. The average Bonchev–Trinajstić information content (AvgIpc) is 2.94. The Kier molecular flexibility index (Phi) is 4.94. The summed E-state index contributed by atoms with van der Waals surface area (Å²) in [6.07, 6.45) is 3.67. The number of benzene rings is 2. The van der Waals surface area contributed by atoms with Crippen molar-refractivity contribution in [2.75, 3.05) is 11.9 Å². The molecule has 0 spiro atoms. The van der Waals surface area contributed by atoms with E-state index in [1.807, 2.05) is 0 Å². The first-order valence-corrected chi connectivity index (χ1v) is 9.98. The van der Waals surface area contributed by atoms with Crippen molar-refractivity contribution >= 4 is 15.9 Å². The molecule has 1 aliphatic heterocycles. The zero-order chi connectivity index (χ0) is 17.1. The molecule has 1 unspecified atom stereocenters. The molecule has 2 nitrogen and oxygen atoms in total. The van der Waals surface area contributed by atoms with Crippen molar-refractivity contribution in [1.82, 2.24) is 0 Å². The molecule has 1 aliphatic carbocycles. The highest BCUT2D eigenvalue weighted by molar-refractivity contribution is 9.09. The molecule has 0 amide bonds. The second-order valence-electron chi connectivity index (χ2n) is 6.50. The molecule has 3 heteroatoms. The van der Waals surface area contributed by atoms with Crippen LogP contribution in [0.5, 0.6) is 0 Å². The Morgan fingerprint density at radius 1 is 1.00 bits per heavy atom. The number of alkyl halides is 1. The Morgan fingerprint density at radius 2 is 1.68 bits per heavy atom. The lowest BCUT2D eigenvalue weighted by molar-refractivity contribution is -0.214. The lowest BCUT2D eigenvalue weighted by Crippen LogP contribution is -2.36. The van der Waals surface area contributed by atoms with Gasteiger partial charge in [0.15, 0.2) is 6.29 Å². The Bertz CT molecular complexity index is 767. The lowest BCUT2D eigenvalue weighted by Gasteiger charge is -2.36. The van der Waals surface area contributed by atoms with Crippen LogP contribution in [-0.4, -0.2) is 18.2 Å². The van der Waals surface area contributed by atoms with Gasteiger partial charge >= 0.3 is 0 Å². The minimum absolute atomic E-state index is 0.168. The van der Waals surface area contributed by atoms with Gasteiger partial charge in [-0.25, -0.2) is 0 Å². The Hall–Kier alpha value is -1.60. The monoisotopic (exact) mass is 396 g/mol. The lowest BCUT2D eigenvalue weighted by atomic mass is 9.87. The van der Waals surface area contributed by atoms with Gasteiger partial charge in [0.25, 0.3) is 0 Å². The van der Waals surface area contributed by atoms with Crippen LogP contribution in [0.4, 0.5) is 0 Å². The van der Waals surface area contributed by atoms with E-state index in [4.69, 9.17) is 9.47 Å². The van der Waals surface area contributed by atoms with Crippen LogP contribution in [0, 0.1) is 11.8 Å². The summed E-state index contributed by atoms with van der Waals surface area (Å²) < 4.78 is 12.6. The molecule has 2 aromatic carbocycles. The van der Waals surface area contributed by atoms with Gasteiger partial charge in [-0.2, -0.15) is 0 Å². The third-order valence-corrected chi connectivity index (χ3v) is 5.29. The minimum Gasteiger partial charge on any atom is -0.353 e. The van der Waals surface area contributed by atoms with Crippen LogP contribution in [0.15, 0.2) is 48.5 Å². The van der Waals surface area contributed by atoms with Crippen LogP contribution in [0.1, 0.15) is 36.8 Å². The van der Waals surface area contributed by atoms with Crippen molar-refractivity contribution in [2.24, 2.45) is 0 Å². The molecule has 25 heavy (non-hydrogen) atoms. The zero-order valence-corrected chi connectivity index (χ0v) is 15.7. The summed E-state index contributed by atoms with van der Waals surface area (Å²) >= 11 is 3.40. The van der Waals surface area contributed by atoms with Crippen LogP contribution in [0.2, 0.25) is 0 Å². The summed E-state index contributed by atoms with van der Waals surface area (Å²) in [6.45, 7) is 0.775. The molecule has 0 N–H and O–H groups in total. The molecule has 4 rings (SSSR count). The standard InChI is InChI=1S/C22H21BrO2/c23-15-7-6-14-22(25-21-13-5-8-16-24-21)19-11-3-1-9-17(19)18-10-2-4-12-20(18)22/h1-4,9-12,21H,5,8,13-16H2. The van der Waals surface area contributed by atoms with E-state index in [1.165, 1.54) is 22.3 Å². The maximum absolute atomic E-state index is 6.70. The molecule has 2 aromatic rings. The van der Waals surface area contributed by atoms with E-state index in [1.54, 1.807) is 0 Å². The van der Waals surface area contributed by atoms with Gasteiger partial charge < -0.3 is 9.47 Å². The summed E-state index contributed by atoms with van der Waals surface area (Å²) in [5.74, 6) is 6.46. The van der Waals surface area contributed by atoms with Crippen LogP contribution in [0.25, 0.3) is 11.1 Å². The fourth-order valence-electron chi connectivity index (χ4n) is 3.91. The summed E-state index contributed by atoms with van der Waals surface area (Å²) in [5, 5.41) is 0.673. The van der Waals surface area contributed by atoms with Crippen molar-refractivity contribution in [3.8, 4) is 23.0 Å². The molecular formula is C22H21BrO2. The second kappa shape index (κ2) is 7.33. The highest BCUT2D eigenvalue weighted by atomic mass is 79.9. The van der Waals surface area contributed by atoms with Crippen molar-refractivity contribution < 1.29 is 9.47 Å². The molecule has 1 heterocycles. The number of ether oxygens (including phenoxy) is 2. The van der Waals surface area contributed by atoms with E-state index in [0.717, 1.165) is 25.9 Å². The first-order valence-electron chi connectivity index (χ1n) is 8.86. The predicted octanol–water partition coefficient (Wildman–Crippen LogP) is 5.24. The van der Waals surface area contributed by atoms with Gasteiger partial charge in [-0.15, -0.1) is 0 Å². The number of hydrogen-bond donors (Lipinski definition) is 0. The SMILES string of the molecule is BrCC#CCC1(OC2CCCCO2)c2ccccc2-c2ccccc21. The third kappa shape index (κ3) is 3.04. The number of rotatable bonds is 3. The molecule has 0 radical (unpaired) electrons. The molecule has 2 aliphatic rings. The van der Waals surface area contributed by atoms with E-state index >= 15 is 0 Å². The van der Waals surface area contributed by atoms with E-state index in [0.29, 0.717) is 11.8 Å². The van der Waals surface area contributed by atoms with Gasteiger partial charge in [-0.1, -0.05) is 76.3 Å². The van der Waals surface area contributed by atoms with Gasteiger partial charge in [0, 0.05) is 13.0 Å². The predicted molar refractivity (Wildman–Crippen MR) is 104 cm³/mol. The van der Waals surface area contributed by atoms with Gasteiger partial charge in [-0.05, 0) is 41.5 Å². The van der Waals surface area contributed by atoms with E-state index in [9.17, 15) is 0 Å². The smallest absolute Gasteiger partial charge is 0.159 e. The van der Waals surface area contributed by atoms with Gasteiger partial charge in [0.05, 0.1) is 5.33 Å². The molecule has 1 saturated heterocycles. The quantitative estimate of drug-likeness (QED) is 0.521. The van der Waals surface area contributed by atoms with Crippen LogP contribution in [0.3, 0.4) is 0 Å². The Labute approximate surface area is 157 Å². The van der Waals surface area contributed by atoms with Crippen LogP contribution >= 0.6 is 15.9 Å². The zero-order valence-electron chi connectivity index (χ0n) is 14.1. The highest BCUT2D eigenvalue weighted by Crippen LogP contribution is 2.52. The largest absolute Gasteiger partial charge is 0.353 e. The van der Waals surface area contributed by atoms with Gasteiger partial charge in [0.1, 0.15) is 5.60 Å². The minimum atomic E-state index is -0.551. The van der Waals surface area contributed by atoms with Crippen molar-refractivity contribution in [1.29, 1.82) is 0 Å². The van der Waals surface area contributed by atoms with Crippen LogP contribution < -0.4 is 0 Å². The van der Waals surface area contributed by atoms with E-state index in [2.05, 4.69) is 76.3 Å². The summed E-state index contributed by atoms with van der Waals surface area (Å²) in [4.78, 5) is 0. The van der Waals surface area contributed by atoms with Crippen molar-refractivity contribution in [2.45, 2.75) is 37.6 Å². The molecule has 1 fully saturated rings. The highest BCUT2D eigenvalue weighted by Gasteiger charge is 2.45. The average molecular weight is 397 g/mol. The first-order chi connectivity index (χ1) is 12.3. The molecule has 128 valence electrons. The Morgan fingerprint density at radius 3 is 2.28 bits per heavy atom. The maximum atomic E-state index is 6.70. The molecule has 0 aromatic heterocycles. The molecular weight excluding hydrogens is 376 g/mol. The second-order valence-corrected chi connectivity index (χ2v) is 7.06. The van der Waals surface area contributed by atoms with E-state index in [-0.39, 0.29) is 6.29 Å². The topological polar surface area (TPSA) is 18.5 Å². The number of fused-ring (bicyclic) bond motifs is 3. The summed E-state index contributed by atoms with van der Waals surface area (Å²) in [6, 6.07) is 17.1. The fourth-order valence-corrected chi connectivity index (χ4v) is 4.11. The maximum Gasteiger partial charge on any atom is 0.159 e. The molecule has 1 atom stereocenters.